The first kappa shape index (κ1) is 24.7. The zero-order valence-corrected chi connectivity index (χ0v) is 19.6. The monoisotopic (exact) mass is 480 g/mol. The Hall–Kier alpha value is -3.39. The molecular formula is C27H32N2O6. The van der Waals surface area contributed by atoms with E-state index in [1.807, 2.05) is 24.3 Å². The lowest BCUT2D eigenvalue weighted by atomic mass is 9.82. The summed E-state index contributed by atoms with van der Waals surface area (Å²) >= 11 is 0. The molecule has 0 spiro atoms. The maximum Gasteiger partial charge on any atom is 0.407 e. The van der Waals surface area contributed by atoms with Gasteiger partial charge in [-0.25, -0.2) is 9.59 Å². The molecule has 35 heavy (non-hydrogen) atoms. The number of carbonyl (C=O) groups is 3. The minimum Gasteiger partial charge on any atom is -0.480 e. The molecule has 2 aliphatic carbocycles. The predicted octanol–water partition coefficient (Wildman–Crippen LogP) is 3.43. The molecule has 0 radical (unpaired) electrons. The van der Waals surface area contributed by atoms with Crippen LogP contribution in [0.5, 0.6) is 0 Å². The van der Waals surface area contributed by atoms with E-state index in [1.165, 1.54) is 0 Å². The fraction of sp³-hybridized carbons (Fsp3) is 0.444. The Morgan fingerprint density at radius 2 is 1.60 bits per heavy atom. The quantitative estimate of drug-likeness (QED) is 0.436. The van der Waals surface area contributed by atoms with Crippen LogP contribution in [0.15, 0.2) is 48.5 Å². The second-order valence-electron chi connectivity index (χ2n) is 9.30. The molecule has 0 bridgehead atoms. The fourth-order valence-corrected chi connectivity index (χ4v) is 5.31. The Bertz CT molecular complexity index is 1030. The van der Waals surface area contributed by atoms with E-state index in [0.717, 1.165) is 47.9 Å². The maximum atomic E-state index is 12.7. The van der Waals surface area contributed by atoms with Gasteiger partial charge in [-0.05, 0) is 41.0 Å². The summed E-state index contributed by atoms with van der Waals surface area (Å²) < 4.78 is 5.67. The molecule has 4 N–H and O–H groups in total. The molecule has 2 amide bonds. The molecule has 8 heteroatoms. The number of ether oxygens (including phenoxy) is 1. The third-order valence-electron chi connectivity index (χ3n) is 7.05. The number of aliphatic hydroxyl groups is 1. The van der Waals surface area contributed by atoms with Gasteiger partial charge in [-0.3, -0.25) is 4.79 Å². The third kappa shape index (κ3) is 5.82. The average Bonchev–Trinajstić information content (AvgIpc) is 3.17. The van der Waals surface area contributed by atoms with E-state index in [0.29, 0.717) is 0 Å². The summed E-state index contributed by atoms with van der Waals surface area (Å²) in [7, 11) is 0. The van der Waals surface area contributed by atoms with E-state index in [-0.39, 0.29) is 43.9 Å². The number of nitrogens with one attached hydrogen (secondary N) is 2. The second kappa shape index (κ2) is 11.4. The molecule has 2 aliphatic rings. The highest BCUT2D eigenvalue weighted by Crippen LogP contribution is 2.44. The zero-order chi connectivity index (χ0) is 24.8. The number of fused-ring (bicyclic) bond motifs is 3. The second-order valence-corrected chi connectivity index (χ2v) is 9.30. The van der Waals surface area contributed by atoms with Gasteiger partial charge in [-0.1, -0.05) is 61.4 Å². The summed E-state index contributed by atoms with van der Waals surface area (Å²) in [6.07, 6.45) is 2.94. The zero-order valence-electron chi connectivity index (χ0n) is 19.6. The number of hydrogen-bond donors (Lipinski definition) is 4. The first-order chi connectivity index (χ1) is 17.0. The maximum absolute atomic E-state index is 12.7. The Morgan fingerprint density at radius 1 is 0.971 bits per heavy atom. The van der Waals surface area contributed by atoms with Crippen molar-refractivity contribution in [2.24, 2.45) is 5.92 Å². The van der Waals surface area contributed by atoms with E-state index in [1.54, 1.807) is 0 Å². The van der Waals surface area contributed by atoms with Crippen molar-refractivity contribution in [2.75, 3.05) is 13.2 Å². The van der Waals surface area contributed by atoms with E-state index in [9.17, 15) is 19.5 Å². The van der Waals surface area contributed by atoms with Crippen LogP contribution in [0.2, 0.25) is 0 Å². The van der Waals surface area contributed by atoms with E-state index >= 15 is 0 Å². The molecule has 4 rings (SSSR count). The van der Waals surface area contributed by atoms with Crippen molar-refractivity contribution >= 4 is 18.0 Å². The Balaban J connectivity index is 1.34. The number of carboxylic acid groups (broad SMARTS) is 1. The lowest BCUT2D eigenvalue weighted by Crippen LogP contribution is -2.46. The van der Waals surface area contributed by atoms with E-state index in [2.05, 4.69) is 34.9 Å². The van der Waals surface area contributed by atoms with Crippen molar-refractivity contribution < 1.29 is 29.3 Å². The van der Waals surface area contributed by atoms with Gasteiger partial charge in [0.05, 0.1) is 0 Å². The molecule has 3 atom stereocenters. The van der Waals surface area contributed by atoms with Crippen molar-refractivity contribution in [1.82, 2.24) is 10.6 Å². The summed E-state index contributed by atoms with van der Waals surface area (Å²) in [6, 6.07) is 15.0. The summed E-state index contributed by atoms with van der Waals surface area (Å²) in [5.74, 6) is -1.70. The fourth-order valence-electron chi connectivity index (χ4n) is 5.31. The lowest BCUT2D eigenvalue weighted by molar-refractivity contribution is -0.142. The van der Waals surface area contributed by atoms with Gasteiger partial charge in [0.1, 0.15) is 12.6 Å². The summed E-state index contributed by atoms with van der Waals surface area (Å²) in [4.78, 5) is 36.5. The summed E-state index contributed by atoms with van der Waals surface area (Å²) in [6.45, 7) is -0.105. The third-order valence-corrected chi connectivity index (χ3v) is 7.05. The van der Waals surface area contributed by atoms with Crippen LogP contribution in [0.3, 0.4) is 0 Å². The summed E-state index contributed by atoms with van der Waals surface area (Å²) in [5.41, 5.74) is 4.61. The van der Waals surface area contributed by atoms with Crippen molar-refractivity contribution in [3.8, 4) is 11.1 Å². The van der Waals surface area contributed by atoms with Gasteiger partial charge in [0.2, 0.25) is 5.91 Å². The average molecular weight is 481 g/mol. The Kier molecular flexibility index (Phi) is 8.02. The molecule has 1 saturated carbocycles. The number of hydrogen-bond acceptors (Lipinski definition) is 5. The molecule has 0 saturated heterocycles. The molecule has 2 aromatic rings. The van der Waals surface area contributed by atoms with Gasteiger partial charge in [-0.15, -0.1) is 0 Å². The van der Waals surface area contributed by atoms with Gasteiger partial charge < -0.3 is 25.6 Å². The van der Waals surface area contributed by atoms with Crippen molar-refractivity contribution in [3.05, 3.63) is 59.7 Å². The summed E-state index contributed by atoms with van der Waals surface area (Å²) in [5, 5.41) is 23.7. The van der Waals surface area contributed by atoms with Crippen molar-refractivity contribution in [3.63, 3.8) is 0 Å². The molecule has 1 fully saturated rings. The molecule has 0 aromatic heterocycles. The highest BCUT2D eigenvalue weighted by Gasteiger charge is 2.32. The number of aliphatic hydroxyl groups excluding tert-OH is 1. The highest BCUT2D eigenvalue weighted by molar-refractivity contribution is 5.83. The number of rotatable bonds is 9. The Morgan fingerprint density at radius 3 is 2.23 bits per heavy atom. The van der Waals surface area contributed by atoms with Crippen LogP contribution in [0.1, 0.15) is 55.6 Å². The topological polar surface area (TPSA) is 125 Å². The molecule has 0 unspecified atom stereocenters. The number of carboxylic acids is 1. The van der Waals surface area contributed by atoms with E-state index in [4.69, 9.17) is 9.84 Å². The molecule has 8 nitrogen and oxygen atoms in total. The first-order valence-electron chi connectivity index (χ1n) is 12.2. The molecule has 0 aliphatic heterocycles. The van der Waals surface area contributed by atoms with Crippen LogP contribution < -0.4 is 10.6 Å². The number of aliphatic carboxylic acids is 1. The number of benzene rings is 2. The minimum absolute atomic E-state index is 0.0273. The molecule has 0 heterocycles. The predicted molar refractivity (Wildman–Crippen MR) is 130 cm³/mol. The van der Waals surface area contributed by atoms with Gasteiger partial charge in [-0.2, -0.15) is 0 Å². The molecule has 186 valence electrons. The van der Waals surface area contributed by atoms with Crippen LogP contribution in [0, 0.1) is 5.92 Å². The number of carbonyl (C=O) groups excluding carboxylic acids is 2. The Labute approximate surface area is 204 Å². The smallest absolute Gasteiger partial charge is 0.407 e. The van der Waals surface area contributed by atoms with Gasteiger partial charge in [0.15, 0.2) is 0 Å². The largest absolute Gasteiger partial charge is 0.480 e. The van der Waals surface area contributed by atoms with Crippen LogP contribution in [-0.4, -0.2) is 53.5 Å². The first-order valence-corrected chi connectivity index (χ1v) is 12.2. The van der Waals surface area contributed by atoms with Crippen LogP contribution >= 0.6 is 0 Å². The van der Waals surface area contributed by atoms with Gasteiger partial charge >= 0.3 is 12.1 Å². The van der Waals surface area contributed by atoms with Crippen LogP contribution in [0.4, 0.5) is 4.79 Å². The van der Waals surface area contributed by atoms with Crippen LogP contribution in [-0.2, 0) is 14.3 Å². The lowest BCUT2D eigenvalue weighted by Gasteiger charge is -2.32. The number of alkyl carbamates (subject to hydrolysis) is 1. The van der Waals surface area contributed by atoms with Crippen molar-refractivity contribution in [1.29, 1.82) is 0 Å². The molecular weight excluding hydrogens is 448 g/mol. The van der Waals surface area contributed by atoms with Gasteiger partial charge in [0, 0.05) is 31.4 Å². The van der Waals surface area contributed by atoms with Crippen LogP contribution in [0.25, 0.3) is 11.1 Å². The standard InChI is InChI=1S/C27H32N2O6/c30-14-13-24(26(32)33)28-25(31)15-17-7-1-6-12-23(17)29-27(34)35-16-22-20-10-4-2-8-18(20)19-9-3-5-11-21(19)22/h2-5,8-11,17,22-24,30H,1,6-7,12-16H2,(H,28,31)(H,29,34)(H,32,33)/t17-,23-,24-/m1/s1. The highest BCUT2D eigenvalue weighted by atomic mass is 16.5. The van der Waals surface area contributed by atoms with Gasteiger partial charge in [0.25, 0.3) is 0 Å². The SMILES string of the molecule is O=C(C[C@H]1CCCC[C@H]1NC(=O)OCC1c2ccccc2-c2ccccc21)N[C@H](CCO)C(=O)O. The van der Waals surface area contributed by atoms with Crippen molar-refractivity contribution in [2.45, 2.75) is 56.5 Å². The minimum atomic E-state index is -1.18. The molecule has 2 aromatic carbocycles. The van der Waals surface area contributed by atoms with E-state index < -0.39 is 24.0 Å². The number of amides is 2. The normalized spacial score (nSPS) is 19.8.